The molecule has 2 aromatic rings. The zero-order valence-corrected chi connectivity index (χ0v) is 12.4. The lowest BCUT2D eigenvalue weighted by atomic mass is 10.1. The standard InChI is InChI=1S/C17H12F4O3/c1-23-15-4-2-3-10(16(15)24-17(20)21)6-8-14(22)11-5-7-12(18)13(19)9-11/h2-9,17H,1H3/b8-6+. The molecule has 0 radical (unpaired) electrons. The highest BCUT2D eigenvalue weighted by molar-refractivity contribution is 6.07. The van der Waals surface area contributed by atoms with E-state index in [2.05, 4.69) is 4.74 Å². The third kappa shape index (κ3) is 4.13. The number of para-hydroxylation sites is 1. The molecule has 0 amide bonds. The lowest BCUT2D eigenvalue weighted by Crippen LogP contribution is -2.05. The van der Waals surface area contributed by atoms with E-state index in [1.807, 2.05) is 0 Å². The number of carbonyl (C=O) groups is 1. The van der Waals surface area contributed by atoms with Gasteiger partial charge in [0.05, 0.1) is 7.11 Å². The quantitative estimate of drug-likeness (QED) is 0.442. The predicted octanol–water partition coefficient (Wildman–Crippen LogP) is 4.47. The van der Waals surface area contributed by atoms with Crippen LogP contribution in [0.1, 0.15) is 15.9 Å². The molecular weight excluding hydrogens is 328 g/mol. The van der Waals surface area contributed by atoms with Crippen LogP contribution in [0.25, 0.3) is 6.08 Å². The number of ether oxygens (including phenoxy) is 2. The minimum absolute atomic E-state index is 0.0673. The molecule has 7 heteroatoms. The van der Waals surface area contributed by atoms with Gasteiger partial charge in [-0.2, -0.15) is 8.78 Å². The van der Waals surface area contributed by atoms with Crippen molar-refractivity contribution < 1.29 is 31.8 Å². The third-order valence-electron chi connectivity index (χ3n) is 3.05. The number of halogens is 4. The van der Waals surface area contributed by atoms with Crippen molar-refractivity contribution in [1.29, 1.82) is 0 Å². The summed E-state index contributed by atoms with van der Waals surface area (Å²) in [7, 11) is 1.29. The summed E-state index contributed by atoms with van der Waals surface area (Å²) in [6.45, 7) is -3.07. The molecule has 0 spiro atoms. The Kier molecular flexibility index (Phi) is 5.57. The topological polar surface area (TPSA) is 35.5 Å². The van der Waals surface area contributed by atoms with Crippen LogP contribution in [0.5, 0.6) is 11.5 Å². The first-order valence-corrected chi connectivity index (χ1v) is 6.71. The Morgan fingerprint density at radius 1 is 1.12 bits per heavy atom. The molecule has 0 saturated heterocycles. The number of alkyl halides is 2. The molecule has 0 aliphatic heterocycles. The van der Waals surface area contributed by atoms with Gasteiger partial charge < -0.3 is 9.47 Å². The van der Waals surface area contributed by atoms with E-state index in [1.165, 1.54) is 31.4 Å². The lowest BCUT2D eigenvalue weighted by molar-refractivity contribution is -0.0513. The molecule has 0 unspecified atom stereocenters. The Bertz CT molecular complexity index is 772. The maximum Gasteiger partial charge on any atom is 0.387 e. The van der Waals surface area contributed by atoms with E-state index in [-0.39, 0.29) is 22.6 Å². The summed E-state index contributed by atoms with van der Waals surface area (Å²) in [6.07, 6.45) is 2.27. The van der Waals surface area contributed by atoms with Crippen LogP contribution in [0.15, 0.2) is 42.5 Å². The number of carbonyl (C=O) groups excluding carboxylic acids is 1. The van der Waals surface area contributed by atoms with Gasteiger partial charge in [-0.1, -0.05) is 12.1 Å². The van der Waals surface area contributed by atoms with Crippen LogP contribution in [0.4, 0.5) is 17.6 Å². The van der Waals surface area contributed by atoms with E-state index in [0.29, 0.717) is 0 Å². The van der Waals surface area contributed by atoms with Crippen molar-refractivity contribution in [2.24, 2.45) is 0 Å². The van der Waals surface area contributed by atoms with E-state index in [4.69, 9.17) is 4.74 Å². The molecule has 0 saturated carbocycles. The van der Waals surface area contributed by atoms with Crippen LogP contribution in [0, 0.1) is 11.6 Å². The fourth-order valence-electron chi connectivity index (χ4n) is 1.95. The van der Waals surface area contributed by atoms with Crippen LogP contribution >= 0.6 is 0 Å². The van der Waals surface area contributed by atoms with E-state index < -0.39 is 24.0 Å². The second-order valence-corrected chi connectivity index (χ2v) is 4.58. The third-order valence-corrected chi connectivity index (χ3v) is 3.05. The molecule has 0 atom stereocenters. The van der Waals surface area contributed by atoms with Gasteiger partial charge in [-0.05, 0) is 36.4 Å². The van der Waals surface area contributed by atoms with Gasteiger partial charge in [0.1, 0.15) is 0 Å². The van der Waals surface area contributed by atoms with Crippen molar-refractivity contribution in [3.05, 3.63) is 65.2 Å². The minimum Gasteiger partial charge on any atom is -0.493 e. The molecule has 0 aliphatic carbocycles. The molecule has 0 aromatic heterocycles. The van der Waals surface area contributed by atoms with Crippen LogP contribution in [-0.2, 0) is 0 Å². The zero-order valence-electron chi connectivity index (χ0n) is 12.4. The van der Waals surface area contributed by atoms with E-state index >= 15 is 0 Å². The summed E-state index contributed by atoms with van der Waals surface area (Å²) >= 11 is 0. The van der Waals surface area contributed by atoms with Crippen molar-refractivity contribution in [3.63, 3.8) is 0 Å². The number of ketones is 1. The number of allylic oxidation sites excluding steroid dienone is 1. The second kappa shape index (κ2) is 7.63. The largest absolute Gasteiger partial charge is 0.493 e. The smallest absolute Gasteiger partial charge is 0.387 e. The average Bonchev–Trinajstić information content (AvgIpc) is 2.55. The number of rotatable bonds is 6. The molecule has 24 heavy (non-hydrogen) atoms. The van der Waals surface area contributed by atoms with Gasteiger partial charge in [-0.15, -0.1) is 0 Å². The number of methoxy groups -OCH3 is 1. The van der Waals surface area contributed by atoms with Crippen molar-refractivity contribution in [2.75, 3.05) is 7.11 Å². The average molecular weight is 340 g/mol. The Balaban J connectivity index is 2.30. The Morgan fingerprint density at radius 2 is 1.88 bits per heavy atom. The predicted molar refractivity (Wildman–Crippen MR) is 79.3 cm³/mol. The summed E-state index contributed by atoms with van der Waals surface area (Å²) in [6, 6.07) is 7.09. The Morgan fingerprint density at radius 3 is 2.50 bits per heavy atom. The van der Waals surface area contributed by atoms with Crippen molar-refractivity contribution >= 4 is 11.9 Å². The number of hydrogen-bond donors (Lipinski definition) is 0. The van der Waals surface area contributed by atoms with Crippen LogP contribution in [0.2, 0.25) is 0 Å². The van der Waals surface area contributed by atoms with Gasteiger partial charge in [0.25, 0.3) is 0 Å². The molecule has 0 N–H and O–H groups in total. The molecule has 2 rings (SSSR count). The van der Waals surface area contributed by atoms with E-state index in [0.717, 1.165) is 24.3 Å². The molecule has 0 fully saturated rings. The first kappa shape index (κ1) is 17.5. The molecule has 0 heterocycles. The van der Waals surface area contributed by atoms with Crippen molar-refractivity contribution in [1.82, 2.24) is 0 Å². The lowest BCUT2D eigenvalue weighted by Gasteiger charge is -2.12. The number of benzene rings is 2. The van der Waals surface area contributed by atoms with Gasteiger partial charge in [0.2, 0.25) is 0 Å². The van der Waals surface area contributed by atoms with Crippen molar-refractivity contribution in [2.45, 2.75) is 6.61 Å². The highest BCUT2D eigenvalue weighted by atomic mass is 19.3. The molecule has 0 bridgehead atoms. The molecule has 2 aromatic carbocycles. The van der Waals surface area contributed by atoms with Gasteiger partial charge in [-0.25, -0.2) is 8.78 Å². The van der Waals surface area contributed by atoms with E-state index in [9.17, 15) is 22.4 Å². The molecule has 0 aliphatic rings. The Labute approximate surface area is 135 Å². The normalized spacial score (nSPS) is 11.1. The fraction of sp³-hybridized carbons (Fsp3) is 0.118. The van der Waals surface area contributed by atoms with E-state index in [1.54, 1.807) is 0 Å². The monoisotopic (exact) mass is 340 g/mol. The van der Waals surface area contributed by atoms with Gasteiger partial charge in [0.15, 0.2) is 28.9 Å². The second-order valence-electron chi connectivity index (χ2n) is 4.58. The maximum atomic E-state index is 13.1. The number of hydrogen-bond acceptors (Lipinski definition) is 3. The first-order chi connectivity index (χ1) is 11.4. The van der Waals surface area contributed by atoms with Crippen LogP contribution in [-0.4, -0.2) is 19.5 Å². The summed E-state index contributed by atoms with van der Waals surface area (Å²) in [4.78, 5) is 12.0. The van der Waals surface area contributed by atoms with Crippen LogP contribution in [0.3, 0.4) is 0 Å². The summed E-state index contributed by atoms with van der Waals surface area (Å²) in [5.41, 5.74) is 0.0926. The minimum atomic E-state index is -3.07. The van der Waals surface area contributed by atoms with Crippen LogP contribution < -0.4 is 9.47 Å². The van der Waals surface area contributed by atoms with Gasteiger partial charge in [-0.3, -0.25) is 4.79 Å². The molecule has 3 nitrogen and oxygen atoms in total. The highest BCUT2D eigenvalue weighted by Gasteiger charge is 2.14. The van der Waals surface area contributed by atoms with Gasteiger partial charge in [0, 0.05) is 11.1 Å². The maximum absolute atomic E-state index is 13.1. The Hall–Kier alpha value is -2.83. The highest BCUT2D eigenvalue weighted by Crippen LogP contribution is 2.33. The fourth-order valence-corrected chi connectivity index (χ4v) is 1.95. The zero-order chi connectivity index (χ0) is 17.7. The summed E-state index contributed by atoms with van der Waals surface area (Å²) in [5, 5.41) is 0. The molecule has 126 valence electrons. The van der Waals surface area contributed by atoms with Crippen molar-refractivity contribution in [3.8, 4) is 11.5 Å². The van der Waals surface area contributed by atoms with Gasteiger partial charge >= 0.3 is 6.61 Å². The SMILES string of the molecule is COc1cccc(/C=C/C(=O)c2ccc(F)c(F)c2)c1OC(F)F. The summed E-state index contributed by atoms with van der Waals surface area (Å²) < 4.78 is 60.4. The summed E-state index contributed by atoms with van der Waals surface area (Å²) in [5.74, 6) is -3.02. The molecular formula is C17H12F4O3. The first-order valence-electron chi connectivity index (χ1n) is 6.71.